The van der Waals surface area contributed by atoms with Gasteiger partial charge in [-0.2, -0.15) is 10.4 Å². The Kier molecular flexibility index (Phi) is 7.83. The molecule has 1 aliphatic rings. The molecule has 13 heteroatoms. The number of aromatic nitrogens is 5. The molecule has 0 unspecified atom stereocenters. The molecule has 3 aromatic heterocycles. The summed E-state index contributed by atoms with van der Waals surface area (Å²) in [5, 5.41) is 14.9. The first-order valence-electron chi connectivity index (χ1n) is 13.7. The number of carbonyl (C=O) groups is 1. The number of sulfonamides is 1. The fourth-order valence-corrected chi connectivity index (χ4v) is 5.47. The summed E-state index contributed by atoms with van der Waals surface area (Å²) in [6.07, 6.45) is 5.83. The van der Waals surface area contributed by atoms with Crippen LogP contribution in [0.1, 0.15) is 48.8 Å². The number of nitriles is 1. The molecule has 42 heavy (non-hydrogen) atoms. The predicted molar refractivity (Wildman–Crippen MR) is 161 cm³/mol. The lowest BCUT2D eigenvalue weighted by Crippen LogP contribution is -2.34. The van der Waals surface area contributed by atoms with Crippen molar-refractivity contribution in [2.45, 2.75) is 32.6 Å². The van der Waals surface area contributed by atoms with Gasteiger partial charge in [0.1, 0.15) is 5.69 Å². The van der Waals surface area contributed by atoms with E-state index < -0.39 is 15.9 Å². The van der Waals surface area contributed by atoms with Gasteiger partial charge in [-0.05, 0) is 43.0 Å². The lowest BCUT2D eigenvalue weighted by Gasteiger charge is -2.29. The van der Waals surface area contributed by atoms with Gasteiger partial charge in [0.25, 0.3) is 5.91 Å². The van der Waals surface area contributed by atoms with Gasteiger partial charge in [-0.1, -0.05) is 19.9 Å². The Hall–Kier alpha value is -4.57. The summed E-state index contributed by atoms with van der Waals surface area (Å²) < 4.78 is 27.6. The van der Waals surface area contributed by atoms with Crippen molar-refractivity contribution in [2.24, 2.45) is 5.92 Å². The van der Waals surface area contributed by atoms with E-state index in [1.807, 2.05) is 61.8 Å². The van der Waals surface area contributed by atoms with Crippen LogP contribution in [0.25, 0.3) is 27.8 Å². The third-order valence-electron chi connectivity index (χ3n) is 7.22. The van der Waals surface area contributed by atoms with Crippen LogP contribution >= 0.6 is 0 Å². The first kappa shape index (κ1) is 28.9. The number of hydrogen-bond acceptors (Lipinski definition) is 10. The van der Waals surface area contributed by atoms with Gasteiger partial charge in [0.15, 0.2) is 5.65 Å². The van der Waals surface area contributed by atoms with E-state index in [1.165, 1.54) is 0 Å². The maximum Gasteiger partial charge on any atom is 0.283 e. The number of amides is 1. The van der Waals surface area contributed by atoms with E-state index in [2.05, 4.69) is 25.9 Å². The van der Waals surface area contributed by atoms with Gasteiger partial charge >= 0.3 is 0 Å². The average molecular weight is 588 g/mol. The molecular weight excluding hydrogens is 554 g/mol. The minimum absolute atomic E-state index is 0.00338. The second-order valence-corrected chi connectivity index (χ2v) is 12.7. The van der Waals surface area contributed by atoms with Gasteiger partial charge < -0.3 is 9.80 Å². The highest BCUT2D eigenvalue weighted by Crippen LogP contribution is 2.36. The molecule has 0 aliphatic carbocycles. The number of pyridine rings is 1. The van der Waals surface area contributed by atoms with Gasteiger partial charge in [-0.25, -0.2) is 32.8 Å². The van der Waals surface area contributed by atoms with Crippen molar-refractivity contribution >= 4 is 38.6 Å². The zero-order valence-corrected chi connectivity index (χ0v) is 25.1. The van der Waals surface area contributed by atoms with Crippen molar-refractivity contribution in [3.05, 3.63) is 54.1 Å². The maximum atomic E-state index is 13.1. The third-order valence-corrected chi connectivity index (χ3v) is 7.78. The van der Waals surface area contributed by atoms with Crippen LogP contribution in [0.15, 0.2) is 42.7 Å². The number of hydrogen-bond donors (Lipinski definition) is 1. The largest absolute Gasteiger partial charge is 0.378 e. The van der Waals surface area contributed by atoms with Crippen molar-refractivity contribution in [2.75, 3.05) is 43.2 Å². The molecule has 218 valence electrons. The minimum atomic E-state index is -3.83. The van der Waals surface area contributed by atoms with Crippen LogP contribution in [0, 0.1) is 17.2 Å². The molecule has 1 saturated heterocycles. The molecule has 0 saturated carbocycles. The highest BCUT2D eigenvalue weighted by Gasteiger charge is 2.25. The zero-order chi connectivity index (χ0) is 30.2. The van der Waals surface area contributed by atoms with E-state index >= 15 is 0 Å². The molecular formula is C29H33N9O3S. The Labute approximate surface area is 245 Å². The van der Waals surface area contributed by atoms with Gasteiger partial charge in [0.2, 0.25) is 16.0 Å². The SMILES string of the molecule is CC(C)c1nn(-c2cccc(N(C)C)c2)c2nc(C(=O)NS(C)(=O)=O)cc(-c3cnc(N4CCC(C#N)CC4)nc3)c12. The molecule has 5 rings (SSSR count). The van der Waals surface area contributed by atoms with Crippen LogP contribution in [0.3, 0.4) is 0 Å². The minimum Gasteiger partial charge on any atom is -0.378 e. The Balaban J connectivity index is 1.69. The van der Waals surface area contributed by atoms with Crippen LogP contribution in [0.2, 0.25) is 0 Å². The fraction of sp³-hybridized carbons (Fsp3) is 0.379. The van der Waals surface area contributed by atoms with Crippen LogP contribution in [-0.2, 0) is 10.0 Å². The van der Waals surface area contributed by atoms with E-state index in [-0.39, 0.29) is 17.5 Å². The lowest BCUT2D eigenvalue weighted by molar-refractivity contribution is 0.0977. The summed E-state index contributed by atoms with van der Waals surface area (Å²) in [6.45, 7) is 5.45. The number of piperidine rings is 1. The number of anilines is 2. The molecule has 0 atom stereocenters. The monoisotopic (exact) mass is 587 g/mol. The molecule has 12 nitrogen and oxygen atoms in total. The van der Waals surface area contributed by atoms with E-state index in [4.69, 9.17) is 5.10 Å². The van der Waals surface area contributed by atoms with Gasteiger partial charge in [-0.15, -0.1) is 0 Å². The second kappa shape index (κ2) is 11.4. The Morgan fingerprint density at radius 1 is 1.14 bits per heavy atom. The number of nitrogens with zero attached hydrogens (tertiary/aromatic N) is 8. The number of benzene rings is 1. The summed E-state index contributed by atoms with van der Waals surface area (Å²) in [4.78, 5) is 31.0. The van der Waals surface area contributed by atoms with Crippen molar-refractivity contribution in [3.8, 4) is 22.9 Å². The van der Waals surface area contributed by atoms with Gasteiger partial charge in [0, 0.05) is 62.3 Å². The van der Waals surface area contributed by atoms with E-state index in [0.29, 0.717) is 35.8 Å². The fourth-order valence-electron chi connectivity index (χ4n) is 5.03. The summed E-state index contributed by atoms with van der Waals surface area (Å²) in [5.74, 6) is -0.231. The van der Waals surface area contributed by atoms with Crippen LogP contribution < -0.4 is 14.5 Å². The maximum absolute atomic E-state index is 13.1. The Morgan fingerprint density at radius 2 is 1.83 bits per heavy atom. The average Bonchev–Trinajstić information content (AvgIpc) is 3.36. The molecule has 4 heterocycles. The molecule has 0 bridgehead atoms. The molecule has 4 aromatic rings. The topological polar surface area (TPSA) is 150 Å². The number of fused-ring (bicyclic) bond motifs is 1. The molecule has 0 spiro atoms. The predicted octanol–water partition coefficient (Wildman–Crippen LogP) is 3.50. The summed E-state index contributed by atoms with van der Waals surface area (Å²) in [6, 6.07) is 11.7. The summed E-state index contributed by atoms with van der Waals surface area (Å²) >= 11 is 0. The van der Waals surface area contributed by atoms with E-state index in [1.54, 1.807) is 23.1 Å². The highest BCUT2D eigenvalue weighted by atomic mass is 32.2. The third kappa shape index (κ3) is 5.89. The zero-order valence-electron chi connectivity index (χ0n) is 24.2. The van der Waals surface area contributed by atoms with Crippen LogP contribution in [-0.4, -0.2) is 72.5 Å². The normalized spacial score (nSPS) is 14.3. The summed E-state index contributed by atoms with van der Waals surface area (Å²) in [5.41, 5.74) is 4.04. The first-order valence-corrected chi connectivity index (χ1v) is 15.5. The second-order valence-electron chi connectivity index (χ2n) is 11.0. The lowest BCUT2D eigenvalue weighted by atomic mass is 9.98. The van der Waals surface area contributed by atoms with Crippen LogP contribution in [0.4, 0.5) is 11.6 Å². The van der Waals surface area contributed by atoms with Crippen LogP contribution in [0.5, 0.6) is 0 Å². The van der Waals surface area contributed by atoms with E-state index in [9.17, 15) is 18.5 Å². The standard InChI is InChI=1S/C29H33N9O3S/c1-18(2)26-25-23(20-16-31-29(32-17-20)37-11-9-19(15-30)10-12-37)14-24(28(39)35-42(5,40)41)33-27(25)38(34-26)22-8-6-7-21(13-22)36(3)4/h6-8,13-14,16-19H,9-12H2,1-5H3,(H,35,39). The van der Waals surface area contributed by atoms with E-state index in [0.717, 1.165) is 41.6 Å². The molecule has 1 fully saturated rings. The van der Waals surface area contributed by atoms with Crippen molar-refractivity contribution < 1.29 is 13.2 Å². The first-order chi connectivity index (χ1) is 19.9. The highest BCUT2D eigenvalue weighted by molar-refractivity contribution is 7.89. The Bertz CT molecular complexity index is 1780. The molecule has 1 aromatic carbocycles. The number of rotatable bonds is 7. The van der Waals surface area contributed by atoms with Gasteiger partial charge in [0.05, 0.1) is 29.1 Å². The number of nitrogens with one attached hydrogen (secondary N) is 1. The van der Waals surface area contributed by atoms with Gasteiger partial charge in [-0.3, -0.25) is 4.79 Å². The van der Waals surface area contributed by atoms with Crippen molar-refractivity contribution in [1.29, 1.82) is 5.26 Å². The smallest absolute Gasteiger partial charge is 0.283 e. The Morgan fingerprint density at radius 3 is 2.43 bits per heavy atom. The quantitative estimate of drug-likeness (QED) is 0.340. The molecule has 0 radical (unpaired) electrons. The molecule has 1 aliphatic heterocycles. The number of carbonyl (C=O) groups excluding carboxylic acids is 1. The molecule has 1 N–H and O–H groups in total. The molecule has 1 amide bonds. The van der Waals surface area contributed by atoms with Crippen molar-refractivity contribution in [1.82, 2.24) is 29.5 Å². The van der Waals surface area contributed by atoms with Crippen molar-refractivity contribution in [3.63, 3.8) is 0 Å². The summed E-state index contributed by atoms with van der Waals surface area (Å²) in [7, 11) is 0.0577.